The van der Waals surface area contributed by atoms with E-state index in [0.29, 0.717) is 11.8 Å². The summed E-state index contributed by atoms with van der Waals surface area (Å²) in [6.45, 7) is 2.34. The summed E-state index contributed by atoms with van der Waals surface area (Å²) in [5, 5.41) is 2.46. The maximum absolute atomic E-state index is 12.8. The predicted molar refractivity (Wildman–Crippen MR) is 90.7 cm³/mol. The molecule has 2 heteroatoms. The average Bonchev–Trinajstić information content (AvgIpc) is 2.91. The molecule has 0 aromatic heterocycles. The van der Waals surface area contributed by atoms with Crippen LogP contribution < -0.4 is 5.32 Å². The Morgan fingerprint density at radius 2 is 1.57 bits per heavy atom. The van der Waals surface area contributed by atoms with Crippen LogP contribution in [0.15, 0.2) is 60.7 Å². The van der Waals surface area contributed by atoms with E-state index < -0.39 is 0 Å². The minimum atomic E-state index is 0.0528. The number of benzene rings is 2. The van der Waals surface area contributed by atoms with Crippen LogP contribution in [0.25, 0.3) is 0 Å². The molecule has 118 valence electrons. The molecule has 2 aromatic rings. The Labute approximate surface area is 137 Å². The molecule has 2 aliphatic rings. The van der Waals surface area contributed by atoms with Crippen LogP contribution in [0.2, 0.25) is 0 Å². The smallest absolute Gasteiger partial charge is 0.143 e. The summed E-state index contributed by atoms with van der Waals surface area (Å²) < 4.78 is 0. The van der Waals surface area contributed by atoms with Gasteiger partial charge in [0, 0.05) is 23.0 Å². The first kappa shape index (κ1) is 14.6. The van der Waals surface area contributed by atoms with Crippen LogP contribution >= 0.6 is 0 Å². The van der Waals surface area contributed by atoms with Gasteiger partial charge in [0.2, 0.25) is 0 Å². The van der Waals surface area contributed by atoms with Crippen LogP contribution in [-0.4, -0.2) is 5.78 Å². The Hall–Kier alpha value is -1.93. The third-order valence-corrected chi connectivity index (χ3v) is 6.01. The molecule has 2 nitrogen and oxygen atoms in total. The van der Waals surface area contributed by atoms with Crippen LogP contribution in [-0.2, 0) is 4.79 Å². The summed E-state index contributed by atoms with van der Waals surface area (Å²) in [6, 6.07) is 21.9. The molecule has 2 fully saturated rings. The summed E-state index contributed by atoms with van der Waals surface area (Å²) in [7, 11) is 0. The van der Waals surface area contributed by atoms with Crippen molar-refractivity contribution in [2.75, 3.05) is 0 Å². The lowest BCUT2D eigenvalue weighted by molar-refractivity contribution is -0.720. The normalized spacial score (nSPS) is 33.4. The van der Waals surface area contributed by atoms with Gasteiger partial charge in [-0.05, 0) is 12.8 Å². The molecular formula is C21H24NO+. The number of carbonyl (C=O) groups is 1. The van der Waals surface area contributed by atoms with Crippen LogP contribution in [0.4, 0.5) is 0 Å². The first-order chi connectivity index (χ1) is 11.2. The zero-order valence-corrected chi connectivity index (χ0v) is 13.6. The Kier molecular flexibility index (Phi) is 3.57. The largest absolute Gasteiger partial charge is 0.333 e. The number of carbonyl (C=O) groups excluding carboxylic acids is 1. The van der Waals surface area contributed by atoms with Crippen LogP contribution in [0.5, 0.6) is 0 Å². The molecule has 1 aliphatic heterocycles. The first-order valence-electron chi connectivity index (χ1n) is 8.68. The van der Waals surface area contributed by atoms with Gasteiger partial charge in [0.15, 0.2) is 0 Å². The summed E-state index contributed by atoms with van der Waals surface area (Å²) in [5.74, 6) is 0.589. The highest BCUT2D eigenvalue weighted by Crippen LogP contribution is 2.54. The fourth-order valence-electron chi connectivity index (χ4n) is 4.95. The van der Waals surface area contributed by atoms with E-state index >= 15 is 0 Å². The Morgan fingerprint density at radius 1 is 0.957 bits per heavy atom. The van der Waals surface area contributed by atoms with Gasteiger partial charge in [0.05, 0.1) is 5.92 Å². The lowest BCUT2D eigenvalue weighted by Gasteiger charge is -2.36. The fourth-order valence-corrected chi connectivity index (χ4v) is 4.95. The SMILES string of the molecule is C[C@]12CCCC(=O)[C@@H]1[C@H](c1ccccc1)[NH2+][C@@H]2c1ccccc1. The van der Waals surface area contributed by atoms with Crippen molar-refractivity contribution in [3.05, 3.63) is 71.8 Å². The zero-order valence-electron chi connectivity index (χ0n) is 13.6. The Balaban J connectivity index is 1.79. The third kappa shape index (κ3) is 2.33. The van der Waals surface area contributed by atoms with E-state index in [0.717, 1.165) is 19.3 Å². The van der Waals surface area contributed by atoms with Gasteiger partial charge < -0.3 is 5.32 Å². The van der Waals surface area contributed by atoms with Gasteiger partial charge in [-0.1, -0.05) is 67.6 Å². The zero-order chi connectivity index (χ0) is 15.9. The molecule has 4 atom stereocenters. The highest BCUT2D eigenvalue weighted by molar-refractivity contribution is 5.83. The Morgan fingerprint density at radius 3 is 2.22 bits per heavy atom. The topological polar surface area (TPSA) is 33.7 Å². The number of ketones is 1. The lowest BCUT2D eigenvalue weighted by atomic mass is 9.62. The molecule has 0 spiro atoms. The second kappa shape index (κ2) is 5.61. The molecule has 0 unspecified atom stereocenters. The van der Waals surface area contributed by atoms with E-state index in [9.17, 15) is 4.79 Å². The van der Waals surface area contributed by atoms with Crippen molar-refractivity contribution in [1.82, 2.24) is 0 Å². The standard InChI is InChI=1S/C21H23NO/c1-21-14-8-13-17(23)18(21)19(15-9-4-2-5-10-15)22-20(21)16-11-6-3-7-12-16/h2-7,9-12,18-20,22H,8,13-14H2,1H3/p+1/t18-,19+,20-,21+/m1/s1. The molecular weight excluding hydrogens is 282 g/mol. The number of quaternary nitrogens is 1. The molecule has 1 saturated carbocycles. The van der Waals surface area contributed by atoms with E-state index in [1.165, 1.54) is 11.1 Å². The first-order valence-corrected chi connectivity index (χ1v) is 8.68. The van der Waals surface area contributed by atoms with Gasteiger partial charge in [-0.3, -0.25) is 4.79 Å². The molecule has 0 radical (unpaired) electrons. The van der Waals surface area contributed by atoms with Crippen molar-refractivity contribution in [2.45, 2.75) is 38.3 Å². The maximum atomic E-state index is 12.8. The van der Waals surface area contributed by atoms with E-state index in [4.69, 9.17) is 0 Å². The molecule has 1 aliphatic carbocycles. The molecule has 0 amide bonds. The predicted octanol–water partition coefficient (Wildman–Crippen LogP) is 3.42. The number of rotatable bonds is 2. The lowest BCUT2D eigenvalue weighted by Crippen LogP contribution is -2.84. The third-order valence-electron chi connectivity index (χ3n) is 6.01. The van der Waals surface area contributed by atoms with Crippen LogP contribution in [0, 0.1) is 11.3 Å². The van der Waals surface area contributed by atoms with Crippen molar-refractivity contribution < 1.29 is 10.1 Å². The van der Waals surface area contributed by atoms with Gasteiger partial charge in [-0.25, -0.2) is 0 Å². The number of hydrogen-bond donors (Lipinski definition) is 1. The van der Waals surface area contributed by atoms with E-state index in [2.05, 4.69) is 72.9 Å². The minimum absolute atomic E-state index is 0.0528. The fraction of sp³-hybridized carbons (Fsp3) is 0.381. The van der Waals surface area contributed by atoms with Crippen molar-refractivity contribution >= 4 is 5.78 Å². The molecule has 2 N–H and O–H groups in total. The number of nitrogens with two attached hydrogens (primary N) is 1. The molecule has 1 heterocycles. The van der Waals surface area contributed by atoms with Gasteiger partial charge in [-0.15, -0.1) is 0 Å². The van der Waals surface area contributed by atoms with Crippen LogP contribution in [0.3, 0.4) is 0 Å². The molecule has 0 bridgehead atoms. The summed E-state index contributed by atoms with van der Waals surface area (Å²) in [6.07, 6.45) is 2.92. The van der Waals surface area contributed by atoms with E-state index in [1.807, 2.05) is 0 Å². The second-order valence-corrected chi connectivity index (χ2v) is 7.32. The van der Waals surface area contributed by atoms with Crippen LogP contribution in [0.1, 0.15) is 49.4 Å². The second-order valence-electron chi connectivity index (χ2n) is 7.32. The van der Waals surface area contributed by atoms with E-state index in [-0.39, 0.29) is 17.4 Å². The van der Waals surface area contributed by atoms with Gasteiger partial charge >= 0.3 is 0 Å². The van der Waals surface area contributed by atoms with Crippen molar-refractivity contribution in [1.29, 1.82) is 0 Å². The minimum Gasteiger partial charge on any atom is -0.333 e. The van der Waals surface area contributed by atoms with E-state index in [1.54, 1.807) is 0 Å². The Bertz CT molecular complexity index is 696. The number of Topliss-reactive ketones (excluding diaryl/α,β-unsaturated/α-hetero) is 1. The summed E-state index contributed by atoms with van der Waals surface area (Å²) in [4.78, 5) is 12.8. The van der Waals surface area contributed by atoms with Gasteiger partial charge in [0.1, 0.15) is 17.9 Å². The molecule has 4 rings (SSSR count). The van der Waals surface area contributed by atoms with Crippen molar-refractivity contribution in [3.8, 4) is 0 Å². The average molecular weight is 306 g/mol. The molecule has 23 heavy (non-hydrogen) atoms. The van der Waals surface area contributed by atoms with Gasteiger partial charge in [-0.2, -0.15) is 0 Å². The number of fused-ring (bicyclic) bond motifs is 1. The monoisotopic (exact) mass is 306 g/mol. The molecule has 1 saturated heterocycles. The highest BCUT2D eigenvalue weighted by atomic mass is 16.1. The maximum Gasteiger partial charge on any atom is 0.143 e. The summed E-state index contributed by atoms with van der Waals surface area (Å²) in [5.41, 5.74) is 2.70. The highest BCUT2D eigenvalue weighted by Gasteiger charge is 2.60. The summed E-state index contributed by atoms with van der Waals surface area (Å²) >= 11 is 0. The quantitative estimate of drug-likeness (QED) is 0.906. The molecule has 2 aromatic carbocycles. The number of hydrogen-bond acceptors (Lipinski definition) is 1. The van der Waals surface area contributed by atoms with Crippen molar-refractivity contribution in [3.63, 3.8) is 0 Å². The van der Waals surface area contributed by atoms with Gasteiger partial charge in [0.25, 0.3) is 0 Å². The van der Waals surface area contributed by atoms with Crippen molar-refractivity contribution in [2.24, 2.45) is 11.3 Å².